The Morgan fingerprint density at radius 1 is 1.31 bits per heavy atom. The molecular formula is C11H12Cl3NO. The summed E-state index contributed by atoms with van der Waals surface area (Å²) in [5, 5.41) is 3.42. The second-order valence-electron chi connectivity index (χ2n) is 4.07. The van der Waals surface area contributed by atoms with Gasteiger partial charge in [-0.1, -0.05) is 29.3 Å². The highest BCUT2D eigenvalue weighted by Crippen LogP contribution is 2.24. The molecule has 0 aliphatic heterocycles. The van der Waals surface area contributed by atoms with Gasteiger partial charge in [-0.3, -0.25) is 4.79 Å². The lowest BCUT2D eigenvalue weighted by Gasteiger charge is -2.23. The zero-order chi connectivity index (χ0) is 12.3. The molecule has 88 valence electrons. The first kappa shape index (κ1) is 13.6. The van der Waals surface area contributed by atoms with Crippen LogP contribution in [0.4, 0.5) is 0 Å². The summed E-state index contributed by atoms with van der Waals surface area (Å²) in [6, 6.07) is 4.93. The summed E-state index contributed by atoms with van der Waals surface area (Å²) in [6.45, 7) is 3.64. The Bertz CT molecular complexity index is 384. The molecule has 0 atom stereocenters. The predicted octanol–water partition coefficient (Wildman–Crippen LogP) is 3.74. The van der Waals surface area contributed by atoms with Crippen molar-refractivity contribution in [3.8, 4) is 0 Å². The molecule has 0 aromatic heterocycles. The summed E-state index contributed by atoms with van der Waals surface area (Å²) in [7, 11) is 0. The second-order valence-corrected chi connectivity index (χ2v) is 5.15. The standard InChI is InChI=1S/C11H12Cl3NO/c1-11(2,6-12)15-10(16)9-7(13)4-3-5-8(9)14/h3-5H,6H2,1-2H3,(H,15,16). The van der Waals surface area contributed by atoms with Crippen molar-refractivity contribution in [1.29, 1.82) is 0 Å². The normalized spacial score (nSPS) is 11.3. The van der Waals surface area contributed by atoms with E-state index in [-0.39, 0.29) is 11.5 Å². The summed E-state index contributed by atoms with van der Waals surface area (Å²) < 4.78 is 0. The van der Waals surface area contributed by atoms with Crippen LogP contribution in [0.25, 0.3) is 0 Å². The van der Waals surface area contributed by atoms with E-state index in [1.807, 2.05) is 13.8 Å². The van der Waals surface area contributed by atoms with Crippen molar-refractivity contribution < 1.29 is 4.79 Å². The van der Waals surface area contributed by atoms with Crippen LogP contribution in [0.5, 0.6) is 0 Å². The number of carbonyl (C=O) groups excluding carboxylic acids is 1. The molecule has 0 aliphatic rings. The van der Waals surface area contributed by atoms with Gasteiger partial charge in [-0.25, -0.2) is 0 Å². The molecule has 2 nitrogen and oxygen atoms in total. The molecule has 0 saturated heterocycles. The maximum absolute atomic E-state index is 11.9. The van der Waals surface area contributed by atoms with Crippen molar-refractivity contribution in [2.24, 2.45) is 0 Å². The fourth-order valence-corrected chi connectivity index (χ4v) is 1.75. The van der Waals surface area contributed by atoms with E-state index in [0.717, 1.165) is 0 Å². The van der Waals surface area contributed by atoms with E-state index < -0.39 is 5.54 Å². The lowest BCUT2D eigenvalue weighted by Crippen LogP contribution is -2.45. The molecule has 1 rings (SSSR count). The molecule has 1 amide bonds. The van der Waals surface area contributed by atoms with E-state index in [4.69, 9.17) is 34.8 Å². The summed E-state index contributed by atoms with van der Waals surface area (Å²) >= 11 is 17.6. The van der Waals surface area contributed by atoms with Gasteiger partial charge in [0.05, 0.1) is 15.6 Å². The number of nitrogens with one attached hydrogen (secondary N) is 1. The third-order valence-corrected chi connectivity index (χ3v) is 3.27. The van der Waals surface area contributed by atoms with Crippen LogP contribution in [-0.2, 0) is 0 Å². The van der Waals surface area contributed by atoms with Crippen LogP contribution >= 0.6 is 34.8 Å². The quantitative estimate of drug-likeness (QED) is 0.840. The van der Waals surface area contributed by atoms with E-state index in [9.17, 15) is 4.79 Å². The maximum Gasteiger partial charge on any atom is 0.254 e. The van der Waals surface area contributed by atoms with Gasteiger partial charge in [0.15, 0.2) is 0 Å². The van der Waals surface area contributed by atoms with Gasteiger partial charge in [-0.2, -0.15) is 0 Å². The third-order valence-electron chi connectivity index (χ3n) is 1.98. The molecule has 5 heteroatoms. The lowest BCUT2D eigenvalue weighted by molar-refractivity contribution is 0.0921. The summed E-state index contributed by atoms with van der Waals surface area (Å²) in [4.78, 5) is 11.9. The Morgan fingerprint density at radius 3 is 2.25 bits per heavy atom. The first-order valence-electron chi connectivity index (χ1n) is 4.70. The smallest absolute Gasteiger partial charge is 0.254 e. The van der Waals surface area contributed by atoms with Crippen LogP contribution in [0.2, 0.25) is 10.0 Å². The molecule has 0 unspecified atom stereocenters. The minimum absolute atomic E-state index is 0.282. The molecule has 1 aromatic rings. The van der Waals surface area contributed by atoms with Gasteiger partial charge in [0.2, 0.25) is 0 Å². The highest BCUT2D eigenvalue weighted by molar-refractivity contribution is 6.39. The Kier molecular flexibility index (Phi) is 4.48. The van der Waals surface area contributed by atoms with Crippen LogP contribution in [-0.4, -0.2) is 17.3 Å². The van der Waals surface area contributed by atoms with Gasteiger partial charge >= 0.3 is 0 Å². The summed E-state index contributed by atoms with van der Waals surface area (Å²) in [6.07, 6.45) is 0. The second kappa shape index (κ2) is 5.26. The zero-order valence-corrected chi connectivity index (χ0v) is 11.2. The van der Waals surface area contributed by atoms with Crippen molar-refractivity contribution in [2.45, 2.75) is 19.4 Å². The number of alkyl halides is 1. The van der Waals surface area contributed by atoms with Gasteiger partial charge in [-0.05, 0) is 26.0 Å². The van der Waals surface area contributed by atoms with Crippen LogP contribution in [0, 0.1) is 0 Å². The zero-order valence-electron chi connectivity index (χ0n) is 8.98. The largest absolute Gasteiger partial charge is 0.346 e. The Labute approximate surface area is 110 Å². The summed E-state index contributed by atoms with van der Waals surface area (Å²) in [5.74, 6) is -0.0119. The molecule has 0 radical (unpaired) electrons. The Morgan fingerprint density at radius 2 is 1.81 bits per heavy atom. The van der Waals surface area contributed by atoms with Gasteiger partial charge in [0, 0.05) is 11.4 Å². The maximum atomic E-state index is 11.9. The monoisotopic (exact) mass is 279 g/mol. The number of rotatable bonds is 3. The van der Waals surface area contributed by atoms with Crippen molar-refractivity contribution in [2.75, 3.05) is 5.88 Å². The highest BCUT2D eigenvalue weighted by Gasteiger charge is 2.22. The number of hydrogen-bond donors (Lipinski definition) is 1. The third kappa shape index (κ3) is 3.27. The average molecular weight is 281 g/mol. The molecule has 16 heavy (non-hydrogen) atoms. The molecule has 0 spiro atoms. The molecule has 0 fully saturated rings. The fourth-order valence-electron chi connectivity index (χ4n) is 1.12. The lowest BCUT2D eigenvalue weighted by atomic mass is 10.1. The number of benzene rings is 1. The van der Waals surface area contributed by atoms with E-state index >= 15 is 0 Å². The Hall–Kier alpha value is -0.440. The SMILES string of the molecule is CC(C)(CCl)NC(=O)c1c(Cl)cccc1Cl. The summed E-state index contributed by atoms with van der Waals surface area (Å²) in [5.41, 5.74) is -0.217. The van der Waals surface area contributed by atoms with Crippen molar-refractivity contribution in [3.63, 3.8) is 0 Å². The van der Waals surface area contributed by atoms with Crippen LogP contribution in [0.15, 0.2) is 18.2 Å². The molecule has 0 saturated carbocycles. The fraction of sp³-hybridized carbons (Fsp3) is 0.364. The van der Waals surface area contributed by atoms with Gasteiger partial charge in [0.1, 0.15) is 0 Å². The number of carbonyl (C=O) groups is 1. The number of halogens is 3. The predicted molar refractivity (Wildman–Crippen MR) is 68.7 cm³/mol. The van der Waals surface area contributed by atoms with E-state index in [1.54, 1.807) is 18.2 Å². The van der Waals surface area contributed by atoms with Gasteiger partial charge < -0.3 is 5.32 Å². The van der Waals surface area contributed by atoms with Gasteiger partial charge in [0.25, 0.3) is 5.91 Å². The van der Waals surface area contributed by atoms with E-state index in [2.05, 4.69) is 5.32 Å². The molecule has 1 aromatic carbocycles. The van der Waals surface area contributed by atoms with E-state index in [1.165, 1.54) is 0 Å². The van der Waals surface area contributed by atoms with Crippen LogP contribution < -0.4 is 5.32 Å². The van der Waals surface area contributed by atoms with Crippen LogP contribution in [0.1, 0.15) is 24.2 Å². The van der Waals surface area contributed by atoms with E-state index in [0.29, 0.717) is 15.9 Å². The van der Waals surface area contributed by atoms with Crippen LogP contribution in [0.3, 0.4) is 0 Å². The average Bonchev–Trinajstić information content (AvgIpc) is 2.16. The highest BCUT2D eigenvalue weighted by atomic mass is 35.5. The minimum Gasteiger partial charge on any atom is -0.346 e. The van der Waals surface area contributed by atoms with Crippen molar-refractivity contribution in [3.05, 3.63) is 33.8 Å². The minimum atomic E-state index is -0.499. The topological polar surface area (TPSA) is 29.1 Å². The first-order valence-corrected chi connectivity index (χ1v) is 5.99. The van der Waals surface area contributed by atoms with Crippen molar-refractivity contribution in [1.82, 2.24) is 5.32 Å². The number of hydrogen-bond acceptors (Lipinski definition) is 1. The molecule has 1 N–H and O–H groups in total. The molecule has 0 bridgehead atoms. The van der Waals surface area contributed by atoms with Gasteiger partial charge in [-0.15, -0.1) is 11.6 Å². The molecule has 0 aliphatic carbocycles. The Balaban J connectivity index is 2.98. The molecular weight excluding hydrogens is 268 g/mol. The first-order chi connectivity index (χ1) is 7.37. The molecule has 0 heterocycles. The van der Waals surface area contributed by atoms with Crippen molar-refractivity contribution >= 4 is 40.7 Å². The number of amides is 1.